The Kier molecular flexibility index (Phi) is 4.78. The van der Waals surface area contributed by atoms with Crippen molar-refractivity contribution in [1.29, 1.82) is 0 Å². The van der Waals surface area contributed by atoms with Crippen LogP contribution in [0, 0.1) is 13.8 Å². The molecule has 1 aliphatic heterocycles. The molecule has 0 aromatic carbocycles. The molecule has 7 heteroatoms. The van der Waals surface area contributed by atoms with Crippen LogP contribution < -0.4 is 5.69 Å². The van der Waals surface area contributed by atoms with Crippen LogP contribution in [0.2, 0.25) is 0 Å². The smallest absolute Gasteiger partial charge is 0.342 e. The predicted octanol–water partition coefficient (Wildman–Crippen LogP) is 1.45. The van der Waals surface area contributed by atoms with Gasteiger partial charge in [0.15, 0.2) is 0 Å². The van der Waals surface area contributed by atoms with Crippen LogP contribution >= 0.6 is 0 Å². The second-order valence-corrected chi connectivity index (χ2v) is 6.42. The van der Waals surface area contributed by atoms with Gasteiger partial charge in [-0.15, -0.1) is 0 Å². The van der Waals surface area contributed by atoms with E-state index in [1.54, 1.807) is 6.20 Å². The quantitative estimate of drug-likeness (QED) is 0.887. The van der Waals surface area contributed by atoms with Gasteiger partial charge in [0.05, 0.1) is 0 Å². The molecule has 0 saturated carbocycles. The van der Waals surface area contributed by atoms with E-state index >= 15 is 0 Å². The highest BCUT2D eigenvalue weighted by Gasteiger charge is 2.25. The Morgan fingerprint density at radius 1 is 1.42 bits per heavy atom. The molecule has 3 rings (SSSR count). The van der Waals surface area contributed by atoms with E-state index in [4.69, 9.17) is 0 Å². The summed E-state index contributed by atoms with van der Waals surface area (Å²) in [6.07, 6.45) is 4.88. The molecule has 1 aliphatic rings. The summed E-state index contributed by atoms with van der Waals surface area (Å²) in [7, 11) is 0. The lowest BCUT2D eigenvalue weighted by molar-refractivity contribution is -0.132. The summed E-state index contributed by atoms with van der Waals surface area (Å²) in [4.78, 5) is 32.5. The van der Waals surface area contributed by atoms with Crippen LogP contribution in [-0.2, 0) is 11.2 Å². The third-order valence-electron chi connectivity index (χ3n) is 4.78. The van der Waals surface area contributed by atoms with Gasteiger partial charge in [-0.05, 0) is 44.7 Å². The standard InChI is InChI=1S/C17H23N5O2/c1-11-14(12(2)20-17(24)19-11)5-6-16(23)22-9-3-4-13(10-22)15-7-8-18-21-15/h7-8,13H,3-6,9-10H2,1-2H3,(H,18,21)(H,19,20,24)/t13-/m1/s1. The number of piperidine rings is 1. The molecule has 2 aromatic heterocycles. The van der Waals surface area contributed by atoms with E-state index in [9.17, 15) is 9.59 Å². The van der Waals surface area contributed by atoms with Crippen molar-refractivity contribution in [2.24, 2.45) is 0 Å². The van der Waals surface area contributed by atoms with Crippen LogP contribution in [0.3, 0.4) is 0 Å². The number of likely N-dealkylation sites (tertiary alicyclic amines) is 1. The molecule has 2 aromatic rings. The molecule has 0 radical (unpaired) electrons. The zero-order valence-electron chi connectivity index (χ0n) is 14.1. The Bertz CT molecular complexity index is 740. The van der Waals surface area contributed by atoms with Gasteiger partial charge in [0.2, 0.25) is 5.91 Å². The second kappa shape index (κ2) is 6.98. The van der Waals surface area contributed by atoms with Crippen molar-refractivity contribution >= 4 is 5.91 Å². The minimum atomic E-state index is -0.335. The SMILES string of the molecule is Cc1nc(=O)[nH]c(C)c1CCC(=O)N1CCC[C@@H](c2ccn[nH]2)C1. The Balaban J connectivity index is 1.62. The lowest BCUT2D eigenvalue weighted by atomic mass is 9.94. The number of hydrogen-bond donors (Lipinski definition) is 2. The number of nitrogens with one attached hydrogen (secondary N) is 2. The predicted molar refractivity (Wildman–Crippen MR) is 89.8 cm³/mol. The maximum Gasteiger partial charge on any atom is 0.345 e. The number of nitrogens with zero attached hydrogens (tertiary/aromatic N) is 3. The highest BCUT2D eigenvalue weighted by Crippen LogP contribution is 2.25. The van der Waals surface area contributed by atoms with Crippen molar-refractivity contribution in [1.82, 2.24) is 25.1 Å². The molecule has 0 bridgehead atoms. The molecule has 0 aliphatic carbocycles. The third kappa shape index (κ3) is 3.55. The topological polar surface area (TPSA) is 94.7 Å². The van der Waals surface area contributed by atoms with E-state index < -0.39 is 0 Å². The van der Waals surface area contributed by atoms with Gasteiger partial charge in [0.25, 0.3) is 0 Å². The van der Waals surface area contributed by atoms with E-state index in [0.29, 0.717) is 24.5 Å². The van der Waals surface area contributed by atoms with E-state index in [2.05, 4.69) is 20.2 Å². The van der Waals surface area contributed by atoms with Gasteiger partial charge in [-0.1, -0.05) is 0 Å². The van der Waals surface area contributed by atoms with Crippen LogP contribution in [0.4, 0.5) is 0 Å². The van der Waals surface area contributed by atoms with Gasteiger partial charge in [0, 0.05) is 48.7 Å². The summed E-state index contributed by atoms with van der Waals surface area (Å²) < 4.78 is 0. The van der Waals surface area contributed by atoms with Crippen LogP contribution in [0.5, 0.6) is 0 Å². The van der Waals surface area contributed by atoms with Crippen LogP contribution in [0.25, 0.3) is 0 Å². The van der Waals surface area contributed by atoms with E-state index in [0.717, 1.165) is 42.9 Å². The number of aryl methyl sites for hydroxylation is 2. The highest BCUT2D eigenvalue weighted by molar-refractivity contribution is 5.76. The number of H-pyrrole nitrogens is 2. The Labute approximate surface area is 140 Å². The van der Waals surface area contributed by atoms with Gasteiger partial charge in [-0.25, -0.2) is 4.79 Å². The van der Waals surface area contributed by atoms with Crippen LogP contribution in [0.15, 0.2) is 17.1 Å². The zero-order chi connectivity index (χ0) is 17.1. The maximum atomic E-state index is 12.6. The highest BCUT2D eigenvalue weighted by atomic mass is 16.2. The minimum absolute atomic E-state index is 0.157. The molecule has 3 heterocycles. The third-order valence-corrected chi connectivity index (χ3v) is 4.78. The fraction of sp³-hybridized carbons (Fsp3) is 0.529. The Morgan fingerprint density at radius 3 is 2.96 bits per heavy atom. The van der Waals surface area contributed by atoms with Gasteiger partial charge in [0.1, 0.15) is 0 Å². The number of hydrogen-bond acceptors (Lipinski definition) is 4. The van der Waals surface area contributed by atoms with Crippen molar-refractivity contribution in [3.63, 3.8) is 0 Å². The molecule has 128 valence electrons. The first-order chi connectivity index (χ1) is 11.5. The first kappa shape index (κ1) is 16.4. The molecular weight excluding hydrogens is 306 g/mol. The molecule has 1 saturated heterocycles. The van der Waals surface area contributed by atoms with Crippen molar-refractivity contribution in [3.05, 3.63) is 45.4 Å². The van der Waals surface area contributed by atoms with Crippen molar-refractivity contribution in [3.8, 4) is 0 Å². The molecule has 1 atom stereocenters. The molecule has 24 heavy (non-hydrogen) atoms. The summed E-state index contributed by atoms with van der Waals surface area (Å²) in [5, 5.41) is 7.02. The van der Waals surface area contributed by atoms with Gasteiger partial charge < -0.3 is 9.88 Å². The average molecular weight is 329 g/mol. The summed E-state index contributed by atoms with van der Waals surface area (Å²) in [5.74, 6) is 0.493. The molecule has 0 unspecified atom stereocenters. The fourth-order valence-electron chi connectivity index (χ4n) is 3.46. The van der Waals surface area contributed by atoms with Crippen molar-refractivity contribution in [2.45, 2.75) is 45.4 Å². The molecule has 1 amide bonds. The molecule has 0 spiro atoms. The number of carbonyl (C=O) groups excluding carboxylic acids is 1. The van der Waals surface area contributed by atoms with E-state index in [-0.39, 0.29) is 11.6 Å². The first-order valence-electron chi connectivity index (χ1n) is 8.38. The molecule has 1 fully saturated rings. The van der Waals surface area contributed by atoms with E-state index in [1.165, 1.54) is 0 Å². The minimum Gasteiger partial charge on any atom is -0.342 e. The Morgan fingerprint density at radius 2 is 2.25 bits per heavy atom. The van der Waals surface area contributed by atoms with Crippen molar-refractivity contribution in [2.75, 3.05) is 13.1 Å². The fourth-order valence-corrected chi connectivity index (χ4v) is 3.46. The average Bonchev–Trinajstić information content (AvgIpc) is 3.08. The Hall–Kier alpha value is -2.44. The maximum absolute atomic E-state index is 12.6. The van der Waals surface area contributed by atoms with Crippen LogP contribution in [0.1, 0.15) is 47.8 Å². The van der Waals surface area contributed by atoms with Gasteiger partial charge in [-0.2, -0.15) is 10.1 Å². The summed E-state index contributed by atoms with van der Waals surface area (Å²) in [6, 6.07) is 1.98. The van der Waals surface area contributed by atoms with E-state index in [1.807, 2.05) is 24.8 Å². The summed E-state index contributed by atoms with van der Waals surface area (Å²) in [6.45, 7) is 5.22. The first-order valence-corrected chi connectivity index (χ1v) is 8.38. The van der Waals surface area contributed by atoms with Crippen molar-refractivity contribution < 1.29 is 4.79 Å². The summed E-state index contributed by atoms with van der Waals surface area (Å²) in [5.41, 5.74) is 3.24. The van der Waals surface area contributed by atoms with Gasteiger partial charge >= 0.3 is 5.69 Å². The number of aromatic nitrogens is 4. The molecule has 7 nitrogen and oxygen atoms in total. The van der Waals surface area contributed by atoms with Crippen LogP contribution in [-0.4, -0.2) is 44.1 Å². The lowest BCUT2D eigenvalue weighted by Crippen LogP contribution is -2.39. The lowest BCUT2D eigenvalue weighted by Gasteiger charge is -2.32. The largest absolute Gasteiger partial charge is 0.345 e. The number of rotatable bonds is 4. The molecular formula is C17H23N5O2. The zero-order valence-corrected chi connectivity index (χ0v) is 14.1. The van der Waals surface area contributed by atoms with Gasteiger partial charge in [-0.3, -0.25) is 9.89 Å². The second-order valence-electron chi connectivity index (χ2n) is 6.42. The number of amides is 1. The monoisotopic (exact) mass is 329 g/mol. The summed E-state index contributed by atoms with van der Waals surface area (Å²) >= 11 is 0. The normalized spacial score (nSPS) is 17.9. The number of aromatic amines is 2. The number of carbonyl (C=O) groups is 1. The molecule has 2 N–H and O–H groups in total.